The third kappa shape index (κ3) is 2.85. The minimum absolute atomic E-state index is 0.131. The summed E-state index contributed by atoms with van der Waals surface area (Å²) in [5.74, 6) is 0.495. The normalized spacial score (nSPS) is 16.6. The predicted octanol–water partition coefficient (Wildman–Crippen LogP) is 4.03. The molecule has 1 amide bonds. The average molecular weight is 389 g/mol. The number of hydrogen-bond donors (Lipinski definition) is 1. The number of aromatic nitrogens is 4. The number of nitrogens with one attached hydrogen (secondary N) is 1. The molecule has 5 rings (SSSR count). The number of hydrogen-bond acceptors (Lipinski definition) is 4. The number of aryl methyl sites for hydroxylation is 1. The first-order valence-electron chi connectivity index (χ1n) is 9.90. The minimum Gasteiger partial charge on any atom is -0.361 e. The van der Waals surface area contributed by atoms with Crippen molar-refractivity contribution in [3.05, 3.63) is 71.0 Å². The number of H-pyrrole nitrogens is 1. The van der Waals surface area contributed by atoms with Crippen LogP contribution in [0.3, 0.4) is 0 Å². The van der Waals surface area contributed by atoms with Crippen molar-refractivity contribution in [2.45, 2.75) is 39.3 Å². The predicted molar refractivity (Wildman–Crippen MR) is 109 cm³/mol. The van der Waals surface area contributed by atoms with E-state index < -0.39 is 0 Å². The molecular weight excluding hydrogens is 366 g/mol. The molecule has 3 aromatic heterocycles. The second kappa shape index (κ2) is 6.62. The Bertz CT molecular complexity index is 1200. The van der Waals surface area contributed by atoms with E-state index in [9.17, 15) is 4.79 Å². The Morgan fingerprint density at radius 2 is 2.14 bits per heavy atom. The summed E-state index contributed by atoms with van der Waals surface area (Å²) in [6.07, 6.45) is 4.68. The van der Waals surface area contributed by atoms with Crippen molar-refractivity contribution in [1.29, 1.82) is 0 Å². The van der Waals surface area contributed by atoms with Crippen LogP contribution in [0, 0.1) is 6.92 Å². The first kappa shape index (κ1) is 17.7. The second-order valence-electron chi connectivity index (χ2n) is 7.88. The van der Waals surface area contributed by atoms with Crippen molar-refractivity contribution in [2.24, 2.45) is 0 Å². The smallest absolute Gasteiger partial charge is 0.276 e. The molecular formula is C22H23N5O2. The van der Waals surface area contributed by atoms with Crippen LogP contribution in [0.5, 0.6) is 0 Å². The van der Waals surface area contributed by atoms with Crippen molar-refractivity contribution < 1.29 is 9.32 Å². The van der Waals surface area contributed by atoms with Gasteiger partial charge in [0.25, 0.3) is 5.91 Å². The molecule has 1 unspecified atom stereocenters. The van der Waals surface area contributed by atoms with Crippen LogP contribution in [-0.4, -0.2) is 37.3 Å². The molecule has 0 fully saturated rings. The van der Waals surface area contributed by atoms with Gasteiger partial charge in [0, 0.05) is 47.0 Å². The SMILES string of the molecule is Cc1cc(C(=O)N2CCc3c([nH]c4ccccc34)C2c2cnn(C(C)C)c2)no1. The molecule has 1 aliphatic rings. The highest BCUT2D eigenvalue weighted by Gasteiger charge is 2.36. The second-order valence-corrected chi connectivity index (χ2v) is 7.88. The number of nitrogens with zero attached hydrogens (tertiary/aromatic N) is 4. The van der Waals surface area contributed by atoms with Gasteiger partial charge < -0.3 is 14.4 Å². The zero-order chi connectivity index (χ0) is 20.1. The van der Waals surface area contributed by atoms with E-state index in [0.29, 0.717) is 18.0 Å². The van der Waals surface area contributed by atoms with E-state index >= 15 is 0 Å². The highest BCUT2D eigenvalue weighted by atomic mass is 16.5. The molecule has 1 atom stereocenters. The summed E-state index contributed by atoms with van der Waals surface area (Å²) in [7, 11) is 0. The number of benzene rings is 1. The molecule has 7 nitrogen and oxygen atoms in total. The number of fused-ring (bicyclic) bond motifs is 3. The lowest BCUT2D eigenvalue weighted by Gasteiger charge is -2.35. The molecule has 0 saturated carbocycles. The van der Waals surface area contributed by atoms with Crippen LogP contribution in [0.15, 0.2) is 47.2 Å². The monoisotopic (exact) mass is 389 g/mol. The molecule has 1 aromatic carbocycles. The number of para-hydroxylation sites is 1. The van der Waals surface area contributed by atoms with Gasteiger partial charge in [0.1, 0.15) is 11.8 Å². The maximum Gasteiger partial charge on any atom is 0.276 e. The maximum absolute atomic E-state index is 13.3. The van der Waals surface area contributed by atoms with Gasteiger partial charge in [-0.2, -0.15) is 5.10 Å². The van der Waals surface area contributed by atoms with Gasteiger partial charge in [-0.05, 0) is 38.8 Å². The van der Waals surface area contributed by atoms with Crippen molar-refractivity contribution in [1.82, 2.24) is 24.8 Å². The Kier molecular flexibility index (Phi) is 4.04. The highest BCUT2D eigenvalue weighted by Crippen LogP contribution is 2.39. The summed E-state index contributed by atoms with van der Waals surface area (Å²) in [4.78, 5) is 18.8. The van der Waals surface area contributed by atoms with Gasteiger partial charge in [-0.3, -0.25) is 9.48 Å². The number of aromatic amines is 1. The topological polar surface area (TPSA) is 80.0 Å². The molecule has 0 aliphatic carbocycles. The van der Waals surface area contributed by atoms with Crippen molar-refractivity contribution in [3.8, 4) is 0 Å². The van der Waals surface area contributed by atoms with E-state index in [1.807, 2.05) is 28.0 Å². The molecule has 4 heterocycles. The molecule has 0 bridgehead atoms. The van der Waals surface area contributed by atoms with Gasteiger partial charge in [-0.15, -0.1) is 0 Å². The van der Waals surface area contributed by atoms with Gasteiger partial charge in [0.15, 0.2) is 5.69 Å². The molecule has 29 heavy (non-hydrogen) atoms. The van der Waals surface area contributed by atoms with Crippen molar-refractivity contribution in [2.75, 3.05) is 6.54 Å². The number of amides is 1. The fraction of sp³-hybridized carbons (Fsp3) is 0.318. The standard InChI is InChI=1S/C22H23N5O2/c1-13(2)27-12-15(11-23-27)21-20-17(16-6-4-5-7-18(16)24-20)8-9-26(21)22(28)19-10-14(3)29-25-19/h4-7,10-13,21,24H,8-9H2,1-3H3. The van der Waals surface area contributed by atoms with Crippen LogP contribution in [-0.2, 0) is 6.42 Å². The zero-order valence-electron chi connectivity index (χ0n) is 16.7. The number of carbonyl (C=O) groups excluding carboxylic acids is 1. The average Bonchev–Trinajstić information content (AvgIpc) is 3.44. The Morgan fingerprint density at radius 3 is 2.86 bits per heavy atom. The molecule has 148 valence electrons. The van der Waals surface area contributed by atoms with Gasteiger partial charge in [-0.1, -0.05) is 23.4 Å². The fourth-order valence-corrected chi connectivity index (χ4v) is 4.20. The van der Waals surface area contributed by atoms with Crippen molar-refractivity contribution >= 4 is 16.8 Å². The summed E-state index contributed by atoms with van der Waals surface area (Å²) in [6.45, 7) is 6.58. The molecule has 1 aliphatic heterocycles. The molecule has 4 aromatic rings. The lowest BCUT2D eigenvalue weighted by Crippen LogP contribution is -2.40. The van der Waals surface area contributed by atoms with Gasteiger partial charge in [-0.25, -0.2) is 0 Å². The Hall–Kier alpha value is -3.35. The molecule has 0 spiro atoms. The van der Waals surface area contributed by atoms with E-state index in [1.54, 1.807) is 13.0 Å². The molecule has 1 N–H and O–H groups in total. The van der Waals surface area contributed by atoms with E-state index in [-0.39, 0.29) is 18.0 Å². The minimum atomic E-state index is -0.247. The Balaban J connectivity index is 1.65. The lowest BCUT2D eigenvalue weighted by atomic mass is 9.93. The summed E-state index contributed by atoms with van der Waals surface area (Å²) in [5.41, 5.74) is 4.73. The summed E-state index contributed by atoms with van der Waals surface area (Å²) in [5, 5.41) is 9.69. The molecule has 0 saturated heterocycles. The van der Waals surface area contributed by atoms with Crippen molar-refractivity contribution in [3.63, 3.8) is 0 Å². The number of carbonyl (C=O) groups is 1. The molecule has 0 radical (unpaired) electrons. The lowest BCUT2D eigenvalue weighted by molar-refractivity contribution is 0.0681. The first-order valence-corrected chi connectivity index (χ1v) is 9.90. The van der Waals surface area contributed by atoms with Crippen LogP contribution >= 0.6 is 0 Å². The highest BCUT2D eigenvalue weighted by molar-refractivity contribution is 5.94. The third-order valence-corrected chi connectivity index (χ3v) is 5.61. The largest absolute Gasteiger partial charge is 0.361 e. The molecule has 7 heteroatoms. The third-order valence-electron chi connectivity index (χ3n) is 5.61. The summed E-state index contributed by atoms with van der Waals surface area (Å²) >= 11 is 0. The van der Waals surface area contributed by atoms with Gasteiger partial charge in [0.2, 0.25) is 0 Å². The van der Waals surface area contributed by atoms with E-state index in [2.05, 4.69) is 47.3 Å². The fourth-order valence-electron chi connectivity index (χ4n) is 4.20. The van der Waals surface area contributed by atoms with E-state index in [0.717, 1.165) is 23.2 Å². The van der Waals surface area contributed by atoms with Crippen LogP contribution in [0.2, 0.25) is 0 Å². The maximum atomic E-state index is 13.3. The van der Waals surface area contributed by atoms with Gasteiger partial charge >= 0.3 is 0 Å². The van der Waals surface area contributed by atoms with Crippen LogP contribution in [0.25, 0.3) is 10.9 Å². The summed E-state index contributed by atoms with van der Waals surface area (Å²) < 4.78 is 7.07. The van der Waals surface area contributed by atoms with E-state index in [1.165, 1.54) is 10.9 Å². The van der Waals surface area contributed by atoms with E-state index in [4.69, 9.17) is 4.52 Å². The van der Waals surface area contributed by atoms with Gasteiger partial charge in [0.05, 0.1) is 6.20 Å². The van der Waals surface area contributed by atoms with Crippen LogP contribution in [0.4, 0.5) is 0 Å². The Labute approximate surface area is 168 Å². The van der Waals surface area contributed by atoms with Crippen LogP contribution in [0.1, 0.15) is 59.0 Å². The quantitative estimate of drug-likeness (QED) is 0.574. The Morgan fingerprint density at radius 1 is 1.31 bits per heavy atom. The number of rotatable bonds is 3. The zero-order valence-corrected chi connectivity index (χ0v) is 16.7. The summed E-state index contributed by atoms with van der Waals surface area (Å²) in [6, 6.07) is 9.99. The first-order chi connectivity index (χ1) is 14.0. The van der Waals surface area contributed by atoms with Crippen LogP contribution < -0.4 is 0 Å².